The van der Waals surface area contributed by atoms with E-state index < -0.39 is 0 Å². The summed E-state index contributed by atoms with van der Waals surface area (Å²) >= 11 is 7.87. The van der Waals surface area contributed by atoms with Crippen molar-refractivity contribution in [1.29, 1.82) is 0 Å². The Morgan fingerprint density at radius 3 is 2.77 bits per heavy atom. The van der Waals surface area contributed by atoms with Crippen LogP contribution in [0.25, 0.3) is 10.2 Å². The van der Waals surface area contributed by atoms with Gasteiger partial charge < -0.3 is 9.47 Å². The highest BCUT2D eigenvalue weighted by Gasteiger charge is 2.24. The predicted molar refractivity (Wildman–Crippen MR) is 126 cm³/mol. The summed E-state index contributed by atoms with van der Waals surface area (Å²) in [6.45, 7) is 6.89. The molecule has 3 aromatic rings. The van der Waals surface area contributed by atoms with E-state index in [-0.39, 0.29) is 5.91 Å². The number of ether oxygens (including phenoxy) is 2. The van der Waals surface area contributed by atoms with Crippen molar-refractivity contribution in [3.8, 4) is 5.75 Å². The molecule has 0 saturated carbocycles. The highest BCUT2D eigenvalue weighted by Crippen LogP contribution is 2.37. The Kier molecular flexibility index (Phi) is 7.07. The number of benzene rings is 2. The van der Waals surface area contributed by atoms with E-state index in [0.717, 1.165) is 55.0 Å². The Morgan fingerprint density at radius 1 is 1.26 bits per heavy atom. The molecule has 1 aliphatic rings. The Hall–Kier alpha value is -2.19. The van der Waals surface area contributed by atoms with Crippen molar-refractivity contribution in [1.82, 2.24) is 9.88 Å². The number of nitrogens with zero attached hydrogens (tertiary/aromatic N) is 3. The van der Waals surface area contributed by atoms with Crippen LogP contribution in [0, 0.1) is 6.92 Å². The van der Waals surface area contributed by atoms with Crippen molar-refractivity contribution in [3.63, 3.8) is 0 Å². The average molecular weight is 460 g/mol. The number of aryl methyl sites for hydroxylation is 1. The SMILES string of the molecule is COc1ccc(C)c2sc(N(CCCN3CCOCC3)C(=O)c3ccccc3Cl)nc12. The Morgan fingerprint density at radius 2 is 2.03 bits per heavy atom. The fourth-order valence-corrected chi connectivity index (χ4v) is 5.01. The second-order valence-electron chi connectivity index (χ2n) is 7.50. The van der Waals surface area contributed by atoms with E-state index in [9.17, 15) is 4.79 Å². The van der Waals surface area contributed by atoms with Gasteiger partial charge in [-0.2, -0.15) is 0 Å². The molecule has 1 aromatic heterocycles. The summed E-state index contributed by atoms with van der Waals surface area (Å²) in [5.74, 6) is 0.574. The number of methoxy groups -OCH3 is 1. The number of anilines is 1. The Balaban J connectivity index is 1.64. The van der Waals surface area contributed by atoms with Crippen LogP contribution in [0.15, 0.2) is 36.4 Å². The molecule has 6 nitrogen and oxygen atoms in total. The summed E-state index contributed by atoms with van der Waals surface area (Å²) in [6.07, 6.45) is 0.836. The van der Waals surface area contributed by atoms with Gasteiger partial charge in [-0.1, -0.05) is 41.1 Å². The predicted octanol–water partition coefficient (Wildman–Crippen LogP) is 4.64. The van der Waals surface area contributed by atoms with Gasteiger partial charge in [-0.05, 0) is 37.1 Å². The van der Waals surface area contributed by atoms with Crippen LogP contribution in [-0.2, 0) is 4.74 Å². The lowest BCUT2D eigenvalue weighted by Gasteiger charge is -2.27. The zero-order chi connectivity index (χ0) is 21.8. The fourth-order valence-electron chi connectivity index (χ4n) is 3.72. The van der Waals surface area contributed by atoms with Crippen molar-refractivity contribution >= 4 is 44.2 Å². The van der Waals surface area contributed by atoms with E-state index in [1.807, 2.05) is 31.2 Å². The van der Waals surface area contributed by atoms with Crippen molar-refractivity contribution in [2.45, 2.75) is 13.3 Å². The third-order valence-corrected chi connectivity index (χ3v) is 7.00. The number of rotatable bonds is 7. The van der Waals surface area contributed by atoms with Gasteiger partial charge in [-0.15, -0.1) is 0 Å². The molecule has 1 amide bonds. The Labute approximate surface area is 191 Å². The van der Waals surface area contributed by atoms with Gasteiger partial charge >= 0.3 is 0 Å². The maximum absolute atomic E-state index is 13.5. The molecular weight excluding hydrogens is 434 g/mol. The van der Waals surface area contributed by atoms with E-state index in [4.69, 9.17) is 26.1 Å². The lowest BCUT2D eigenvalue weighted by molar-refractivity contribution is 0.0376. The first-order valence-corrected chi connectivity index (χ1v) is 11.6. The quantitative estimate of drug-likeness (QED) is 0.515. The van der Waals surface area contributed by atoms with E-state index >= 15 is 0 Å². The van der Waals surface area contributed by atoms with Gasteiger partial charge in [0.05, 0.1) is 35.6 Å². The van der Waals surface area contributed by atoms with Crippen LogP contribution in [0.1, 0.15) is 22.3 Å². The lowest BCUT2D eigenvalue weighted by Crippen LogP contribution is -2.39. The van der Waals surface area contributed by atoms with Crippen LogP contribution in [0.3, 0.4) is 0 Å². The molecule has 2 aromatic carbocycles. The van der Waals surface area contributed by atoms with Crippen LogP contribution >= 0.6 is 22.9 Å². The number of fused-ring (bicyclic) bond motifs is 1. The van der Waals surface area contributed by atoms with E-state index in [1.54, 1.807) is 24.1 Å². The third-order valence-electron chi connectivity index (χ3n) is 5.45. The molecule has 31 heavy (non-hydrogen) atoms. The van der Waals surface area contributed by atoms with Gasteiger partial charge in [0.15, 0.2) is 5.13 Å². The molecule has 0 atom stereocenters. The summed E-state index contributed by atoms with van der Waals surface area (Å²) in [6, 6.07) is 11.1. The van der Waals surface area contributed by atoms with Crippen LogP contribution in [-0.4, -0.2) is 62.3 Å². The number of amides is 1. The van der Waals surface area contributed by atoms with E-state index in [1.165, 1.54) is 11.3 Å². The van der Waals surface area contributed by atoms with Gasteiger partial charge in [0.2, 0.25) is 0 Å². The van der Waals surface area contributed by atoms with E-state index in [0.29, 0.717) is 28.0 Å². The molecule has 0 N–H and O–H groups in total. The number of hydrogen-bond donors (Lipinski definition) is 0. The summed E-state index contributed by atoms with van der Waals surface area (Å²) in [4.78, 5) is 22.4. The molecule has 0 aliphatic carbocycles. The standard InChI is InChI=1S/C23H26ClN3O3S/c1-16-8-9-19(29-2)20-21(16)31-23(25-20)27(11-5-10-26-12-14-30-15-13-26)22(28)17-6-3-4-7-18(17)24/h3-4,6-9H,5,10-15H2,1-2H3. The zero-order valence-electron chi connectivity index (χ0n) is 17.8. The van der Waals surface area contributed by atoms with Gasteiger partial charge in [-0.3, -0.25) is 14.6 Å². The molecule has 1 aliphatic heterocycles. The first-order valence-electron chi connectivity index (χ1n) is 10.4. The zero-order valence-corrected chi connectivity index (χ0v) is 19.3. The first-order chi connectivity index (χ1) is 15.1. The fraction of sp³-hybridized carbons (Fsp3) is 0.391. The van der Waals surface area contributed by atoms with Gasteiger partial charge in [0.25, 0.3) is 5.91 Å². The highest BCUT2D eigenvalue weighted by atomic mass is 35.5. The second kappa shape index (κ2) is 9.96. The lowest BCUT2D eigenvalue weighted by atomic mass is 10.2. The molecule has 2 heterocycles. The molecule has 1 saturated heterocycles. The van der Waals surface area contributed by atoms with Crippen LogP contribution < -0.4 is 9.64 Å². The van der Waals surface area contributed by atoms with Crippen LogP contribution in [0.2, 0.25) is 5.02 Å². The summed E-state index contributed by atoms with van der Waals surface area (Å²) in [5, 5.41) is 1.11. The average Bonchev–Trinajstić information content (AvgIpc) is 3.24. The van der Waals surface area contributed by atoms with Gasteiger partial charge in [0, 0.05) is 26.2 Å². The minimum absolute atomic E-state index is 0.136. The molecule has 0 bridgehead atoms. The number of halogens is 1. The van der Waals surface area contributed by atoms with Crippen LogP contribution in [0.4, 0.5) is 5.13 Å². The largest absolute Gasteiger partial charge is 0.494 e. The monoisotopic (exact) mass is 459 g/mol. The molecular formula is C23H26ClN3O3S. The van der Waals surface area contributed by atoms with E-state index in [2.05, 4.69) is 4.90 Å². The maximum Gasteiger partial charge on any atom is 0.261 e. The van der Waals surface area contributed by atoms with Crippen LogP contribution in [0.5, 0.6) is 5.75 Å². The first kappa shape index (κ1) is 22.0. The number of thiazole rings is 1. The molecule has 4 rings (SSSR count). The van der Waals surface area contributed by atoms with Crippen molar-refractivity contribution in [3.05, 3.63) is 52.5 Å². The number of aromatic nitrogens is 1. The third kappa shape index (κ3) is 4.85. The molecule has 1 fully saturated rings. The second-order valence-corrected chi connectivity index (χ2v) is 8.89. The number of hydrogen-bond acceptors (Lipinski definition) is 6. The van der Waals surface area contributed by atoms with Crippen molar-refractivity contribution < 1.29 is 14.3 Å². The summed E-state index contributed by atoms with van der Waals surface area (Å²) < 4.78 is 12.0. The molecule has 0 unspecified atom stereocenters. The molecule has 0 radical (unpaired) electrons. The molecule has 8 heteroatoms. The summed E-state index contributed by atoms with van der Waals surface area (Å²) in [7, 11) is 1.64. The number of carbonyl (C=O) groups is 1. The summed E-state index contributed by atoms with van der Waals surface area (Å²) in [5.41, 5.74) is 2.38. The number of morpholine rings is 1. The topological polar surface area (TPSA) is 54.9 Å². The van der Waals surface area contributed by atoms with Crippen molar-refractivity contribution in [2.24, 2.45) is 0 Å². The number of carbonyl (C=O) groups excluding carboxylic acids is 1. The smallest absolute Gasteiger partial charge is 0.261 e. The molecule has 164 valence electrons. The maximum atomic E-state index is 13.5. The normalized spacial score (nSPS) is 14.7. The molecule has 0 spiro atoms. The van der Waals surface area contributed by atoms with Gasteiger partial charge in [-0.25, -0.2) is 4.98 Å². The Bertz CT molecular complexity index is 1070. The minimum atomic E-state index is -0.136. The van der Waals surface area contributed by atoms with Crippen molar-refractivity contribution in [2.75, 3.05) is 51.4 Å². The van der Waals surface area contributed by atoms with Gasteiger partial charge in [0.1, 0.15) is 11.3 Å². The minimum Gasteiger partial charge on any atom is -0.494 e. The highest BCUT2D eigenvalue weighted by molar-refractivity contribution is 7.22.